The zero-order valence-corrected chi connectivity index (χ0v) is 12.9. The van der Waals surface area contributed by atoms with Gasteiger partial charge in [-0.15, -0.1) is 0 Å². The Morgan fingerprint density at radius 1 is 1.25 bits per heavy atom. The Bertz CT molecular complexity index is 294. The van der Waals surface area contributed by atoms with E-state index in [0.29, 0.717) is 13.0 Å². The van der Waals surface area contributed by atoms with Crippen LogP contribution in [0.25, 0.3) is 0 Å². The van der Waals surface area contributed by atoms with Crippen LogP contribution in [-0.4, -0.2) is 50.5 Å². The molecule has 0 fully saturated rings. The van der Waals surface area contributed by atoms with E-state index in [9.17, 15) is 13.6 Å². The Balaban J connectivity index is 4.09. The van der Waals surface area contributed by atoms with Gasteiger partial charge in [-0.1, -0.05) is 6.92 Å². The number of ether oxygens (including phenoxy) is 2. The summed E-state index contributed by atoms with van der Waals surface area (Å²) in [4.78, 5) is 11.3. The molecule has 0 spiro atoms. The summed E-state index contributed by atoms with van der Waals surface area (Å²) in [5, 5.41) is 4.79. The molecule has 0 saturated carbocycles. The van der Waals surface area contributed by atoms with Gasteiger partial charge < -0.3 is 20.1 Å². The van der Waals surface area contributed by atoms with Crippen molar-refractivity contribution in [3.63, 3.8) is 0 Å². The van der Waals surface area contributed by atoms with Gasteiger partial charge in [0.05, 0.1) is 19.7 Å². The number of carbonyl (C=O) groups is 1. The van der Waals surface area contributed by atoms with E-state index in [1.54, 1.807) is 20.8 Å². The van der Waals surface area contributed by atoms with E-state index >= 15 is 0 Å². The predicted octanol–water partition coefficient (Wildman–Crippen LogP) is 2.16. The minimum atomic E-state index is -3.04. The smallest absolute Gasteiger partial charge is 0.407 e. The van der Waals surface area contributed by atoms with Gasteiger partial charge in [-0.25, -0.2) is 13.6 Å². The summed E-state index contributed by atoms with van der Waals surface area (Å²) >= 11 is 0. The largest absolute Gasteiger partial charge is 0.444 e. The van der Waals surface area contributed by atoms with Crippen LogP contribution in [0.2, 0.25) is 0 Å². The van der Waals surface area contributed by atoms with Crippen LogP contribution in [0.1, 0.15) is 34.1 Å². The maximum atomic E-state index is 13.6. The molecular formula is C13H26F2N2O3. The van der Waals surface area contributed by atoms with Gasteiger partial charge in [0, 0.05) is 13.2 Å². The predicted molar refractivity (Wildman–Crippen MR) is 73.1 cm³/mol. The van der Waals surface area contributed by atoms with E-state index in [-0.39, 0.29) is 6.04 Å². The van der Waals surface area contributed by atoms with Gasteiger partial charge in [0.25, 0.3) is 5.92 Å². The molecule has 0 saturated heterocycles. The number of hydrogen-bond acceptors (Lipinski definition) is 4. The zero-order valence-electron chi connectivity index (χ0n) is 12.9. The van der Waals surface area contributed by atoms with Crippen LogP contribution >= 0.6 is 0 Å². The van der Waals surface area contributed by atoms with E-state index in [0.717, 1.165) is 0 Å². The van der Waals surface area contributed by atoms with Gasteiger partial charge in [0.2, 0.25) is 0 Å². The number of alkyl halides is 2. The molecule has 0 rings (SSSR count). The molecule has 0 aromatic rings. The van der Waals surface area contributed by atoms with Gasteiger partial charge >= 0.3 is 6.09 Å². The van der Waals surface area contributed by atoms with Gasteiger partial charge in [-0.3, -0.25) is 0 Å². The maximum absolute atomic E-state index is 13.6. The third-order valence-electron chi connectivity index (χ3n) is 2.40. The van der Waals surface area contributed by atoms with Crippen LogP contribution in [0.15, 0.2) is 0 Å². The molecule has 0 aromatic carbocycles. The first kappa shape index (κ1) is 19.1. The summed E-state index contributed by atoms with van der Waals surface area (Å²) < 4.78 is 37.0. The van der Waals surface area contributed by atoms with E-state index in [1.165, 1.54) is 7.11 Å². The van der Waals surface area contributed by atoms with E-state index in [2.05, 4.69) is 10.6 Å². The first-order valence-electron chi connectivity index (χ1n) is 6.66. The topological polar surface area (TPSA) is 59.6 Å². The third-order valence-corrected chi connectivity index (χ3v) is 2.40. The number of methoxy groups -OCH3 is 1. The molecular weight excluding hydrogens is 270 g/mol. The van der Waals surface area contributed by atoms with Crippen LogP contribution < -0.4 is 10.6 Å². The standard InChI is InChI=1S/C13H26F2N2O3/c1-6-10(7-19-5)16-8-13(14,15)9-17-11(18)20-12(2,3)4/h10,16H,6-9H2,1-5H3,(H,17,18). The summed E-state index contributed by atoms with van der Waals surface area (Å²) in [5.74, 6) is -3.04. The monoisotopic (exact) mass is 296 g/mol. The van der Waals surface area contributed by atoms with Crippen molar-refractivity contribution in [3.8, 4) is 0 Å². The van der Waals surface area contributed by atoms with Gasteiger partial charge in [-0.05, 0) is 27.2 Å². The summed E-state index contributed by atoms with van der Waals surface area (Å²) in [7, 11) is 1.52. The highest BCUT2D eigenvalue weighted by Gasteiger charge is 2.31. The van der Waals surface area contributed by atoms with Gasteiger partial charge in [-0.2, -0.15) is 0 Å². The lowest BCUT2D eigenvalue weighted by molar-refractivity contribution is -0.00774. The molecule has 120 valence electrons. The minimum Gasteiger partial charge on any atom is -0.444 e. The Morgan fingerprint density at radius 2 is 1.85 bits per heavy atom. The second-order valence-electron chi connectivity index (χ2n) is 5.65. The van der Waals surface area contributed by atoms with Gasteiger partial charge in [0.1, 0.15) is 5.60 Å². The molecule has 1 unspecified atom stereocenters. The normalized spacial score (nSPS) is 13.9. The highest BCUT2D eigenvalue weighted by Crippen LogP contribution is 2.12. The molecule has 0 aliphatic carbocycles. The van der Waals surface area contributed by atoms with Crippen LogP contribution in [0, 0.1) is 0 Å². The van der Waals surface area contributed by atoms with Crippen molar-refractivity contribution in [1.29, 1.82) is 0 Å². The highest BCUT2D eigenvalue weighted by atomic mass is 19.3. The number of nitrogens with one attached hydrogen (secondary N) is 2. The van der Waals surface area contributed by atoms with Crippen molar-refractivity contribution >= 4 is 6.09 Å². The van der Waals surface area contributed by atoms with Crippen LogP contribution in [0.5, 0.6) is 0 Å². The molecule has 0 aliphatic rings. The van der Waals surface area contributed by atoms with Crippen LogP contribution in [0.3, 0.4) is 0 Å². The molecule has 2 N–H and O–H groups in total. The SMILES string of the molecule is CCC(COC)NCC(F)(F)CNC(=O)OC(C)(C)C. The average molecular weight is 296 g/mol. The van der Waals surface area contributed by atoms with Crippen molar-refractivity contribution in [2.75, 3.05) is 26.8 Å². The fourth-order valence-electron chi connectivity index (χ4n) is 1.39. The Kier molecular flexibility index (Phi) is 7.96. The molecule has 0 heterocycles. The molecule has 7 heteroatoms. The van der Waals surface area contributed by atoms with Crippen molar-refractivity contribution in [1.82, 2.24) is 10.6 Å². The first-order valence-corrected chi connectivity index (χ1v) is 6.66. The lowest BCUT2D eigenvalue weighted by Crippen LogP contribution is -2.47. The number of halogens is 2. The molecule has 20 heavy (non-hydrogen) atoms. The quantitative estimate of drug-likeness (QED) is 0.720. The highest BCUT2D eigenvalue weighted by molar-refractivity contribution is 5.67. The zero-order chi connectivity index (χ0) is 15.8. The molecule has 1 amide bonds. The average Bonchev–Trinajstić information content (AvgIpc) is 2.30. The van der Waals surface area contributed by atoms with E-state index in [4.69, 9.17) is 9.47 Å². The lowest BCUT2D eigenvalue weighted by atomic mass is 10.2. The van der Waals surface area contributed by atoms with Crippen molar-refractivity contribution in [3.05, 3.63) is 0 Å². The van der Waals surface area contributed by atoms with Gasteiger partial charge in [0.15, 0.2) is 0 Å². The van der Waals surface area contributed by atoms with Crippen molar-refractivity contribution in [2.45, 2.75) is 51.7 Å². The number of hydrogen-bond donors (Lipinski definition) is 2. The number of rotatable bonds is 8. The molecule has 0 radical (unpaired) electrons. The molecule has 0 aliphatic heterocycles. The molecule has 1 atom stereocenters. The third kappa shape index (κ3) is 9.91. The van der Waals surface area contributed by atoms with Crippen LogP contribution in [-0.2, 0) is 9.47 Å². The Hall–Kier alpha value is -0.950. The fraction of sp³-hybridized carbons (Fsp3) is 0.923. The Labute approximate surface area is 119 Å². The van der Waals surface area contributed by atoms with E-state index in [1.807, 2.05) is 6.92 Å². The second-order valence-corrected chi connectivity index (χ2v) is 5.65. The van der Waals surface area contributed by atoms with Crippen molar-refractivity contribution in [2.24, 2.45) is 0 Å². The summed E-state index contributed by atoms with van der Waals surface area (Å²) in [5.41, 5.74) is -0.705. The summed E-state index contributed by atoms with van der Waals surface area (Å²) in [6.45, 7) is 5.97. The Morgan fingerprint density at radius 3 is 2.30 bits per heavy atom. The number of carbonyl (C=O) groups excluding carboxylic acids is 1. The molecule has 5 nitrogen and oxygen atoms in total. The number of alkyl carbamates (subject to hydrolysis) is 1. The molecule has 0 bridgehead atoms. The van der Waals surface area contributed by atoms with Crippen molar-refractivity contribution < 1.29 is 23.0 Å². The molecule has 0 aromatic heterocycles. The number of amides is 1. The second kappa shape index (κ2) is 8.36. The van der Waals surface area contributed by atoms with E-state index < -0.39 is 30.7 Å². The fourth-order valence-corrected chi connectivity index (χ4v) is 1.39. The summed E-state index contributed by atoms with van der Waals surface area (Å²) in [6.07, 6.45) is -0.162. The minimum absolute atomic E-state index is 0.132. The summed E-state index contributed by atoms with van der Waals surface area (Å²) in [6, 6.07) is -0.132. The lowest BCUT2D eigenvalue weighted by Gasteiger charge is -2.23. The van der Waals surface area contributed by atoms with Crippen LogP contribution in [0.4, 0.5) is 13.6 Å². The maximum Gasteiger partial charge on any atom is 0.407 e. The first-order chi connectivity index (χ1) is 9.09.